The number of amides is 1. The van der Waals surface area contributed by atoms with E-state index in [0.717, 1.165) is 12.8 Å². The SMILES string of the molecule is CCS(=O)(=O)c1ccc2oc(SCC(=O)NC3CCCC3)nc2c1. The van der Waals surface area contributed by atoms with Gasteiger partial charge >= 0.3 is 0 Å². The third-order valence-corrected chi connectivity index (χ3v) is 6.69. The quantitative estimate of drug-likeness (QED) is 0.789. The van der Waals surface area contributed by atoms with Gasteiger partial charge in [0.2, 0.25) is 5.91 Å². The molecule has 0 spiro atoms. The molecule has 8 heteroatoms. The van der Waals surface area contributed by atoms with Crippen LogP contribution < -0.4 is 5.32 Å². The van der Waals surface area contributed by atoms with Crippen molar-refractivity contribution < 1.29 is 17.6 Å². The van der Waals surface area contributed by atoms with Crippen molar-refractivity contribution in [1.82, 2.24) is 10.3 Å². The molecule has 130 valence electrons. The summed E-state index contributed by atoms with van der Waals surface area (Å²) < 4.78 is 29.4. The standard InChI is InChI=1S/C16H20N2O4S2/c1-2-24(20,21)12-7-8-14-13(9-12)18-16(22-14)23-10-15(19)17-11-5-3-4-6-11/h7-9,11H,2-6,10H2,1H3,(H,17,19). The van der Waals surface area contributed by atoms with Crippen molar-refractivity contribution in [1.29, 1.82) is 0 Å². The Kier molecular flexibility index (Phi) is 5.15. The number of nitrogens with zero attached hydrogens (tertiary/aromatic N) is 1. The molecular weight excluding hydrogens is 348 g/mol. The Balaban J connectivity index is 1.66. The van der Waals surface area contributed by atoms with Crippen LogP contribution in [0, 0.1) is 0 Å². The molecule has 24 heavy (non-hydrogen) atoms. The zero-order chi connectivity index (χ0) is 17.2. The van der Waals surface area contributed by atoms with Crippen LogP contribution in [-0.2, 0) is 14.6 Å². The molecule has 1 aliphatic carbocycles. The van der Waals surface area contributed by atoms with Crippen molar-refractivity contribution in [3.63, 3.8) is 0 Å². The second kappa shape index (κ2) is 7.14. The minimum absolute atomic E-state index is 0.0246. The molecule has 1 N–H and O–H groups in total. The monoisotopic (exact) mass is 368 g/mol. The van der Waals surface area contributed by atoms with Gasteiger partial charge in [-0.1, -0.05) is 31.5 Å². The molecule has 3 rings (SSSR count). The fourth-order valence-electron chi connectivity index (χ4n) is 2.77. The van der Waals surface area contributed by atoms with Crippen molar-refractivity contribution in [2.75, 3.05) is 11.5 Å². The molecule has 0 atom stereocenters. The molecule has 0 radical (unpaired) electrons. The lowest BCUT2D eigenvalue weighted by Crippen LogP contribution is -2.33. The van der Waals surface area contributed by atoms with Crippen molar-refractivity contribution >= 4 is 38.6 Å². The molecule has 1 aromatic carbocycles. The summed E-state index contributed by atoms with van der Waals surface area (Å²) in [6.07, 6.45) is 4.44. The van der Waals surface area contributed by atoms with Gasteiger partial charge < -0.3 is 9.73 Å². The lowest BCUT2D eigenvalue weighted by Gasteiger charge is -2.10. The molecule has 6 nitrogen and oxygen atoms in total. The van der Waals surface area contributed by atoms with Crippen LogP contribution in [0.4, 0.5) is 0 Å². The first-order chi connectivity index (χ1) is 11.5. The summed E-state index contributed by atoms with van der Waals surface area (Å²) in [5, 5.41) is 3.38. The Hall–Kier alpha value is -1.54. The van der Waals surface area contributed by atoms with E-state index in [1.165, 1.54) is 36.7 Å². The fraction of sp³-hybridized carbons (Fsp3) is 0.500. The first-order valence-electron chi connectivity index (χ1n) is 8.03. The smallest absolute Gasteiger partial charge is 0.257 e. The van der Waals surface area contributed by atoms with Gasteiger partial charge in [0.25, 0.3) is 5.22 Å². The highest BCUT2D eigenvalue weighted by Gasteiger charge is 2.18. The fourth-order valence-corrected chi connectivity index (χ4v) is 4.32. The van der Waals surface area contributed by atoms with Gasteiger partial charge in [0.15, 0.2) is 15.4 Å². The van der Waals surface area contributed by atoms with Gasteiger partial charge in [-0.25, -0.2) is 13.4 Å². The maximum atomic E-state index is 11.9. The zero-order valence-electron chi connectivity index (χ0n) is 13.4. The molecule has 0 bridgehead atoms. The van der Waals surface area contributed by atoms with Crippen LogP contribution in [0.1, 0.15) is 32.6 Å². The molecule has 0 saturated heterocycles. The summed E-state index contributed by atoms with van der Waals surface area (Å²) >= 11 is 1.22. The predicted molar refractivity (Wildman–Crippen MR) is 92.9 cm³/mol. The maximum Gasteiger partial charge on any atom is 0.257 e. The number of benzene rings is 1. The minimum atomic E-state index is -3.27. The molecule has 1 amide bonds. The van der Waals surface area contributed by atoms with Crippen LogP contribution in [-0.4, -0.2) is 36.9 Å². The first-order valence-corrected chi connectivity index (χ1v) is 10.7. The predicted octanol–water partition coefficient (Wildman–Crippen LogP) is 2.77. The van der Waals surface area contributed by atoms with E-state index < -0.39 is 9.84 Å². The number of carbonyl (C=O) groups is 1. The van der Waals surface area contributed by atoms with Crippen molar-refractivity contribution in [2.24, 2.45) is 0 Å². The van der Waals surface area contributed by atoms with E-state index in [9.17, 15) is 13.2 Å². The van der Waals surface area contributed by atoms with Crippen molar-refractivity contribution in [3.05, 3.63) is 18.2 Å². The van der Waals surface area contributed by atoms with Crippen LogP contribution in [0.15, 0.2) is 32.7 Å². The van der Waals surface area contributed by atoms with E-state index in [1.807, 2.05) is 0 Å². The van der Waals surface area contributed by atoms with Crippen LogP contribution in [0.25, 0.3) is 11.1 Å². The van der Waals surface area contributed by atoms with Crippen molar-refractivity contribution in [2.45, 2.75) is 48.8 Å². The molecule has 2 aromatic rings. The van der Waals surface area contributed by atoms with Gasteiger partial charge in [0.05, 0.1) is 16.4 Å². The third kappa shape index (κ3) is 3.92. The Morgan fingerprint density at radius 1 is 1.38 bits per heavy atom. The number of carbonyl (C=O) groups excluding carboxylic acids is 1. The van der Waals surface area contributed by atoms with E-state index in [2.05, 4.69) is 10.3 Å². The summed E-state index contributed by atoms with van der Waals surface area (Å²) in [5.41, 5.74) is 1.01. The first kappa shape index (κ1) is 17.3. The molecule has 1 heterocycles. The lowest BCUT2D eigenvalue weighted by molar-refractivity contribution is -0.119. The third-order valence-electron chi connectivity index (χ3n) is 4.13. The van der Waals surface area contributed by atoms with E-state index in [1.54, 1.807) is 13.0 Å². The molecule has 1 fully saturated rings. The van der Waals surface area contributed by atoms with Gasteiger partial charge in [-0.2, -0.15) is 0 Å². The number of sulfone groups is 1. The Morgan fingerprint density at radius 2 is 2.12 bits per heavy atom. The van der Waals surface area contributed by atoms with Gasteiger partial charge in [0.1, 0.15) is 5.52 Å². The van der Waals surface area contributed by atoms with Crippen LogP contribution in [0.5, 0.6) is 0 Å². The molecule has 0 aliphatic heterocycles. The lowest BCUT2D eigenvalue weighted by atomic mass is 10.2. The highest BCUT2D eigenvalue weighted by atomic mass is 32.2. The number of rotatable bonds is 6. The van der Waals surface area contributed by atoms with Gasteiger partial charge in [0, 0.05) is 6.04 Å². The summed E-state index contributed by atoms with van der Waals surface area (Å²) in [7, 11) is -3.27. The van der Waals surface area contributed by atoms with Gasteiger partial charge in [-0.3, -0.25) is 4.79 Å². The molecule has 1 aromatic heterocycles. The second-order valence-electron chi connectivity index (χ2n) is 5.85. The molecule has 0 unspecified atom stereocenters. The number of aromatic nitrogens is 1. The van der Waals surface area contributed by atoms with Gasteiger partial charge in [-0.05, 0) is 31.0 Å². The average Bonchev–Trinajstić information content (AvgIpc) is 3.21. The average molecular weight is 368 g/mol. The number of fused-ring (bicyclic) bond motifs is 1. The van der Waals surface area contributed by atoms with E-state index in [-0.39, 0.29) is 22.3 Å². The minimum Gasteiger partial charge on any atom is -0.431 e. The zero-order valence-corrected chi connectivity index (χ0v) is 15.1. The Morgan fingerprint density at radius 3 is 2.83 bits per heavy atom. The van der Waals surface area contributed by atoms with Gasteiger partial charge in [-0.15, -0.1) is 0 Å². The van der Waals surface area contributed by atoms with E-state index in [0.29, 0.717) is 22.4 Å². The Bertz CT molecular complexity index is 839. The summed E-state index contributed by atoms with van der Waals surface area (Å²) in [6.45, 7) is 1.60. The molecular formula is C16H20N2O4S2. The molecule has 1 aliphatic rings. The number of thioether (sulfide) groups is 1. The number of hydrogen-bond acceptors (Lipinski definition) is 6. The normalized spacial score (nSPS) is 15.9. The second-order valence-corrected chi connectivity index (χ2v) is 9.06. The largest absolute Gasteiger partial charge is 0.431 e. The topological polar surface area (TPSA) is 89.3 Å². The molecule has 1 saturated carbocycles. The Labute approximate surface area is 145 Å². The van der Waals surface area contributed by atoms with Crippen LogP contribution in [0.2, 0.25) is 0 Å². The summed E-state index contributed by atoms with van der Waals surface area (Å²) in [6, 6.07) is 4.94. The number of hydrogen-bond donors (Lipinski definition) is 1. The highest BCUT2D eigenvalue weighted by Crippen LogP contribution is 2.26. The van der Waals surface area contributed by atoms with Crippen molar-refractivity contribution in [3.8, 4) is 0 Å². The van der Waals surface area contributed by atoms with E-state index >= 15 is 0 Å². The van der Waals surface area contributed by atoms with Crippen LogP contribution >= 0.6 is 11.8 Å². The van der Waals surface area contributed by atoms with E-state index in [4.69, 9.17) is 4.42 Å². The summed E-state index contributed by atoms with van der Waals surface area (Å²) in [4.78, 5) is 16.4. The number of nitrogens with one attached hydrogen (secondary N) is 1. The number of oxazole rings is 1. The maximum absolute atomic E-state index is 11.9. The highest BCUT2D eigenvalue weighted by molar-refractivity contribution is 7.99. The van der Waals surface area contributed by atoms with Crippen LogP contribution in [0.3, 0.4) is 0 Å². The summed E-state index contributed by atoms with van der Waals surface area (Å²) in [5.74, 6) is 0.256.